The van der Waals surface area contributed by atoms with Crippen LogP contribution in [0.3, 0.4) is 0 Å². The van der Waals surface area contributed by atoms with Gasteiger partial charge in [0, 0.05) is 25.5 Å². The largest absolute Gasteiger partial charge is 0.493 e. The molecule has 0 unspecified atom stereocenters. The maximum Gasteiger partial charge on any atom is 0.161 e. The number of methoxy groups -OCH3 is 1. The van der Waals surface area contributed by atoms with E-state index in [0.717, 1.165) is 30.1 Å². The second kappa shape index (κ2) is 8.20. The summed E-state index contributed by atoms with van der Waals surface area (Å²) in [6.45, 7) is 4.05. The number of halogens is 1. The van der Waals surface area contributed by atoms with Gasteiger partial charge in [-0.1, -0.05) is 6.07 Å². The standard InChI is InChI=1S/C13H19ClO3/c1-3-16-7-4-8-17-13-9-11(10-14)5-6-12(13)15-2/h5-6,9H,3-4,7-8,10H2,1-2H3. The highest BCUT2D eigenvalue weighted by Gasteiger charge is 2.05. The molecule has 0 amide bonds. The van der Waals surface area contributed by atoms with Gasteiger partial charge in [0.15, 0.2) is 11.5 Å². The first kappa shape index (κ1) is 14.1. The molecule has 1 rings (SSSR count). The molecule has 0 saturated heterocycles. The van der Waals surface area contributed by atoms with Crippen LogP contribution in [0, 0.1) is 0 Å². The Kier molecular flexibility index (Phi) is 6.82. The highest BCUT2D eigenvalue weighted by Crippen LogP contribution is 2.28. The minimum atomic E-state index is 0.472. The number of benzene rings is 1. The van der Waals surface area contributed by atoms with E-state index in [1.165, 1.54) is 0 Å². The van der Waals surface area contributed by atoms with Crippen molar-refractivity contribution >= 4 is 11.6 Å². The topological polar surface area (TPSA) is 27.7 Å². The molecule has 4 heteroatoms. The lowest BCUT2D eigenvalue weighted by Gasteiger charge is -2.11. The number of ether oxygens (including phenoxy) is 3. The second-order valence-corrected chi connectivity index (χ2v) is 3.79. The van der Waals surface area contributed by atoms with Gasteiger partial charge in [-0.15, -0.1) is 11.6 Å². The highest BCUT2D eigenvalue weighted by molar-refractivity contribution is 6.17. The molecule has 0 bridgehead atoms. The van der Waals surface area contributed by atoms with E-state index in [0.29, 0.717) is 19.1 Å². The summed E-state index contributed by atoms with van der Waals surface area (Å²) >= 11 is 5.78. The molecular weight excluding hydrogens is 240 g/mol. The Bertz CT molecular complexity index is 328. The van der Waals surface area contributed by atoms with Gasteiger partial charge in [0.25, 0.3) is 0 Å². The van der Waals surface area contributed by atoms with Crippen LogP contribution in [0.2, 0.25) is 0 Å². The van der Waals surface area contributed by atoms with Crippen molar-refractivity contribution < 1.29 is 14.2 Å². The van der Waals surface area contributed by atoms with Crippen LogP contribution in [0.1, 0.15) is 18.9 Å². The van der Waals surface area contributed by atoms with E-state index in [1.54, 1.807) is 7.11 Å². The third-order valence-corrected chi connectivity index (χ3v) is 2.59. The summed E-state index contributed by atoms with van der Waals surface area (Å²) in [5.74, 6) is 1.94. The van der Waals surface area contributed by atoms with E-state index in [4.69, 9.17) is 25.8 Å². The van der Waals surface area contributed by atoms with Gasteiger partial charge in [-0.25, -0.2) is 0 Å². The van der Waals surface area contributed by atoms with E-state index < -0.39 is 0 Å². The minimum Gasteiger partial charge on any atom is -0.493 e. The Morgan fingerprint density at radius 3 is 2.65 bits per heavy atom. The average Bonchev–Trinajstić information content (AvgIpc) is 2.38. The smallest absolute Gasteiger partial charge is 0.161 e. The molecule has 0 aromatic heterocycles. The van der Waals surface area contributed by atoms with Crippen LogP contribution in [0.5, 0.6) is 11.5 Å². The van der Waals surface area contributed by atoms with Crippen molar-refractivity contribution in [1.29, 1.82) is 0 Å². The van der Waals surface area contributed by atoms with E-state index in [-0.39, 0.29) is 0 Å². The van der Waals surface area contributed by atoms with Crippen LogP contribution < -0.4 is 9.47 Å². The molecule has 0 atom stereocenters. The van der Waals surface area contributed by atoms with Crippen molar-refractivity contribution in [2.75, 3.05) is 26.9 Å². The summed E-state index contributed by atoms with van der Waals surface area (Å²) in [7, 11) is 1.63. The molecule has 1 aromatic rings. The van der Waals surface area contributed by atoms with Gasteiger partial charge in [-0.05, 0) is 24.6 Å². The minimum absolute atomic E-state index is 0.472. The SMILES string of the molecule is CCOCCCOc1cc(CCl)ccc1OC. The molecule has 0 fully saturated rings. The average molecular weight is 259 g/mol. The summed E-state index contributed by atoms with van der Waals surface area (Å²) in [5, 5.41) is 0. The fraction of sp³-hybridized carbons (Fsp3) is 0.538. The summed E-state index contributed by atoms with van der Waals surface area (Å²) < 4.78 is 16.1. The number of alkyl halides is 1. The van der Waals surface area contributed by atoms with Crippen LogP contribution in [0.15, 0.2) is 18.2 Å². The molecule has 1 aromatic carbocycles. The van der Waals surface area contributed by atoms with Gasteiger partial charge in [0.05, 0.1) is 13.7 Å². The Morgan fingerprint density at radius 2 is 2.00 bits per heavy atom. The maximum absolute atomic E-state index is 5.78. The zero-order valence-corrected chi connectivity index (χ0v) is 11.1. The van der Waals surface area contributed by atoms with Gasteiger partial charge < -0.3 is 14.2 Å². The first-order chi connectivity index (χ1) is 8.31. The molecule has 0 N–H and O–H groups in total. The molecule has 0 aliphatic heterocycles. The fourth-order valence-electron chi connectivity index (χ4n) is 1.40. The summed E-state index contributed by atoms with van der Waals surface area (Å²) in [6, 6.07) is 5.71. The molecule has 0 radical (unpaired) electrons. The maximum atomic E-state index is 5.78. The fourth-order valence-corrected chi connectivity index (χ4v) is 1.57. The van der Waals surface area contributed by atoms with Crippen molar-refractivity contribution in [3.63, 3.8) is 0 Å². The van der Waals surface area contributed by atoms with E-state index in [9.17, 15) is 0 Å². The number of rotatable bonds is 8. The van der Waals surface area contributed by atoms with Crippen LogP contribution >= 0.6 is 11.6 Å². The van der Waals surface area contributed by atoms with Crippen molar-refractivity contribution in [3.05, 3.63) is 23.8 Å². The molecule has 0 heterocycles. The van der Waals surface area contributed by atoms with E-state index >= 15 is 0 Å². The van der Waals surface area contributed by atoms with Gasteiger partial charge in [0.1, 0.15) is 0 Å². The Hall–Kier alpha value is -0.930. The van der Waals surface area contributed by atoms with Crippen LogP contribution in [-0.4, -0.2) is 26.9 Å². The van der Waals surface area contributed by atoms with Crippen LogP contribution in [-0.2, 0) is 10.6 Å². The highest BCUT2D eigenvalue weighted by atomic mass is 35.5. The van der Waals surface area contributed by atoms with Crippen molar-refractivity contribution in [1.82, 2.24) is 0 Å². The summed E-state index contributed by atoms with van der Waals surface area (Å²) in [6.07, 6.45) is 0.863. The molecule has 3 nitrogen and oxygen atoms in total. The zero-order chi connectivity index (χ0) is 12.5. The lowest BCUT2D eigenvalue weighted by molar-refractivity contribution is 0.130. The van der Waals surface area contributed by atoms with Crippen LogP contribution in [0.25, 0.3) is 0 Å². The third kappa shape index (κ3) is 4.84. The molecule has 0 spiro atoms. The summed E-state index contributed by atoms with van der Waals surface area (Å²) in [4.78, 5) is 0. The van der Waals surface area contributed by atoms with Crippen molar-refractivity contribution in [2.45, 2.75) is 19.2 Å². The quantitative estimate of drug-likeness (QED) is 0.529. The lowest BCUT2D eigenvalue weighted by Crippen LogP contribution is -2.04. The Morgan fingerprint density at radius 1 is 1.18 bits per heavy atom. The third-order valence-electron chi connectivity index (χ3n) is 2.28. The molecule has 96 valence electrons. The molecule has 0 aliphatic carbocycles. The van der Waals surface area contributed by atoms with E-state index in [2.05, 4.69) is 0 Å². The first-order valence-electron chi connectivity index (χ1n) is 5.75. The first-order valence-corrected chi connectivity index (χ1v) is 6.28. The molecule has 17 heavy (non-hydrogen) atoms. The Balaban J connectivity index is 2.49. The predicted molar refractivity (Wildman–Crippen MR) is 69.2 cm³/mol. The monoisotopic (exact) mass is 258 g/mol. The molecular formula is C13H19ClO3. The van der Waals surface area contributed by atoms with Gasteiger partial charge in [0.2, 0.25) is 0 Å². The van der Waals surface area contributed by atoms with Gasteiger partial charge in [-0.3, -0.25) is 0 Å². The number of hydrogen-bond donors (Lipinski definition) is 0. The van der Waals surface area contributed by atoms with Crippen LogP contribution in [0.4, 0.5) is 0 Å². The normalized spacial score (nSPS) is 10.3. The number of hydrogen-bond acceptors (Lipinski definition) is 3. The predicted octanol–water partition coefficient (Wildman–Crippen LogP) is 3.24. The lowest BCUT2D eigenvalue weighted by atomic mass is 10.2. The molecule has 0 saturated carbocycles. The van der Waals surface area contributed by atoms with Crippen molar-refractivity contribution in [2.24, 2.45) is 0 Å². The van der Waals surface area contributed by atoms with Crippen molar-refractivity contribution in [3.8, 4) is 11.5 Å². The van der Waals surface area contributed by atoms with Gasteiger partial charge >= 0.3 is 0 Å². The molecule has 0 aliphatic rings. The van der Waals surface area contributed by atoms with Gasteiger partial charge in [-0.2, -0.15) is 0 Å². The van der Waals surface area contributed by atoms with E-state index in [1.807, 2.05) is 25.1 Å². The zero-order valence-electron chi connectivity index (χ0n) is 10.4. The second-order valence-electron chi connectivity index (χ2n) is 3.52. The summed E-state index contributed by atoms with van der Waals surface area (Å²) in [5.41, 5.74) is 1.02. The Labute approximate surface area is 108 Å².